The zero-order chi connectivity index (χ0) is 16.2. The Hall–Kier alpha value is -1.92. The molecule has 3 rings (SSSR count). The van der Waals surface area contributed by atoms with Crippen molar-refractivity contribution in [3.8, 4) is 16.3 Å². The van der Waals surface area contributed by atoms with Crippen LogP contribution in [0.1, 0.15) is 28.6 Å². The molecule has 2 aromatic rings. The maximum absolute atomic E-state index is 12.5. The van der Waals surface area contributed by atoms with E-state index in [1.807, 2.05) is 19.1 Å². The van der Waals surface area contributed by atoms with Gasteiger partial charge in [-0.05, 0) is 30.2 Å². The van der Waals surface area contributed by atoms with Gasteiger partial charge in [-0.2, -0.15) is 0 Å². The fourth-order valence-corrected chi connectivity index (χ4v) is 3.57. The Morgan fingerprint density at radius 2 is 2.30 bits per heavy atom. The van der Waals surface area contributed by atoms with Crippen molar-refractivity contribution in [2.75, 3.05) is 26.3 Å². The van der Waals surface area contributed by atoms with Crippen molar-refractivity contribution >= 4 is 17.2 Å². The van der Waals surface area contributed by atoms with Gasteiger partial charge in [0.2, 0.25) is 0 Å². The molecule has 1 amide bonds. The lowest BCUT2D eigenvalue weighted by molar-refractivity contribution is 0.0726. The second-order valence-corrected chi connectivity index (χ2v) is 6.50. The second kappa shape index (κ2) is 7.10. The number of carbonyl (C=O) groups excluding carboxylic acids is 1. The minimum atomic E-state index is -0.0610. The number of hydrogen-bond acceptors (Lipinski definition) is 5. The maximum Gasteiger partial charge on any atom is 0.265 e. The molecule has 23 heavy (non-hydrogen) atoms. The van der Waals surface area contributed by atoms with Crippen LogP contribution in [0.15, 0.2) is 24.4 Å². The monoisotopic (exact) mass is 332 g/mol. The van der Waals surface area contributed by atoms with E-state index in [0.717, 1.165) is 35.8 Å². The molecule has 0 fully saturated rings. The van der Waals surface area contributed by atoms with Crippen molar-refractivity contribution in [1.29, 1.82) is 0 Å². The van der Waals surface area contributed by atoms with Crippen LogP contribution >= 0.6 is 11.3 Å². The fourth-order valence-electron chi connectivity index (χ4n) is 2.69. The lowest BCUT2D eigenvalue weighted by Crippen LogP contribution is -2.33. The highest BCUT2D eigenvalue weighted by Crippen LogP contribution is 2.32. The molecule has 5 nitrogen and oxygen atoms in total. The van der Waals surface area contributed by atoms with Crippen LogP contribution in [0.4, 0.5) is 0 Å². The number of thiazole rings is 1. The largest absolute Gasteiger partial charge is 0.493 e. The lowest BCUT2D eigenvalue weighted by Gasteiger charge is -2.19. The standard InChI is InChI=1S/C17H20N2O3S/c1-2-6-19(7-8-20)17(21)15-11-18-16(23-15)13-3-4-14-12(10-13)5-9-22-14/h3-4,10-11,20H,2,5-9H2,1H3. The summed E-state index contributed by atoms with van der Waals surface area (Å²) in [5.74, 6) is 0.882. The molecule has 0 aliphatic carbocycles. The molecule has 0 saturated carbocycles. The fraction of sp³-hybridized carbons (Fsp3) is 0.412. The summed E-state index contributed by atoms with van der Waals surface area (Å²) in [5.41, 5.74) is 2.21. The van der Waals surface area contributed by atoms with E-state index in [-0.39, 0.29) is 12.5 Å². The number of aliphatic hydroxyl groups is 1. The average molecular weight is 332 g/mol. The van der Waals surface area contributed by atoms with Crippen LogP contribution in [0.5, 0.6) is 5.75 Å². The predicted molar refractivity (Wildman–Crippen MR) is 90.0 cm³/mol. The van der Waals surface area contributed by atoms with Gasteiger partial charge in [0.25, 0.3) is 5.91 Å². The van der Waals surface area contributed by atoms with Crippen LogP contribution in [0, 0.1) is 0 Å². The summed E-state index contributed by atoms with van der Waals surface area (Å²) in [6, 6.07) is 6.04. The number of amides is 1. The van der Waals surface area contributed by atoms with Crippen molar-refractivity contribution in [2.45, 2.75) is 19.8 Å². The maximum atomic E-state index is 12.5. The first kappa shape index (κ1) is 16.0. The smallest absolute Gasteiger partial charge is 0.265 e. The van der Waals surface area contributed by atoms with Crippen molar-refractivity contribution in [2.24, 2.45) is 0 Å². The molecule has 1 aromatic heterocycles. The van der Waals surface area contributed by atoms with Crippen LogP contribution < -0.4 is 4.74 Å². The van der Waals surface area contributed by atoms with Gasteiger partial charge in [0, 0.05) is 25.1 Å². The van der Waals surface area contributed by atoms with Crippen LogP contribution in [0.2, 0.25) is 0 Å². The van der Waals surface area contributed by atoms with Gasteiger partial charge < -0.3 is 14.7 Å². The van der Waals surface area contributed by atoms with E-state index in [1.54, 1.807) is 11.1 Å². The number of fused-ring (bicyclic) bond motifs is 1. The van der Waals surface area contributed by atoms with E-state index in [2.05, 4.69) is 11.1 Å². The lowest BCUT2D eigenvalue weighted by atomic mass is 10.1. The summed E-state index contributed by atoms with van der Waals surface area (Å²) in [5, 5.41) is 9.95. The first-order valence-corrected chi connectivity index (χ1v) is 8.66. The Balaban J connectivity index is 1.81. The molecular formula is C17H20N2O3S. The van der Waals surface area contributed by atoms with Crippen LogP contribution in [-0.2, 0) is 6.42 Å². The summed E-state index contributed by atoms with van der Waals surface area (Å²) in [7, 11) is 0. The van der Waals surface area contributed by atoms with E-state index in [1.165, 1.54) is 16.9 Å². The molecule has 0 unspecified atom stereocenters. The number of aliphatic hydroxyl groups excluding tert-OH is 1. The number of aromatic nitrogens is 1. The van der Waals surface area contributed by atoms with Crippen LogP contribution in [0.25, 0.3) is 10.6 Å². The molecule has 1 aliphatic heterocycles. The molecule has 1 aliphatic rings. The van der Waals surface area contributed by atoms with Crippen molar-refractivity contribution < 1.29 is 14.6 Å². The van der Waals surface area contributed by atoms with Gasteiger partial charge in [0.1, 0.15) is 15.6 Å². The number of hydrogen-bond donors (Lipinski definition) is 1. The highest BCUT2D eigenvalue weighted by molar-refractivity contribution is 7.16. The SMILES string of the molecule is CCCN(CCO)C(=O)c1cnc(-c2ccc3c(c2)CCO3)s1. The highest BCUT2D eigenvalue weighted by atomic mass is 32.1. The van der Waals surface area contributed by atoms with Gasteiger partial charge in [-0.3, -0.25) is 4.79 Å². The molecule has 0 saturated heterocycles. The topological polar surface area (TPSA) is 62.7 Å². The van der Waals surface area contributed by atoms with Gasteiger partial charge in [-0.25, -0.2) is 4.98 Å². The first-order chi connectivity index (χ1) is 11.2. The molecular weight excluding hydrogens is 312 g/mol. The summed E-state index contributed by atoms with van der Waals surface area (Å²) in [4.78, 5) is 19.2. The average Bonchev–Trinajstić information content (AvgIpc) is 3.22. The highest BCUT2D eigenvalue weighted by Gasteiger charge is 2.19. The van der Waals surface area contributed by atoms with E-state index in [9.17, 15) is 4.79 Å². The zero-order valence-electron chi connectivity index (χ0n) is 13.1. The van der Waals surface area contributed by atoms with Gasteiger partial charge in [0.15, 0.2) is 0 Å². The van der Waals surface area contributed by atoms with Gasteiger partial charge in [0.05, 0.1) is 19.4 Å². The molecule has 6 heteroatoms. The molecule has 122 valence electrons. The van der Waals surface area contributed by atoms with E-state index < -0.39 is 0 Å². The van der Waals surface area contributed by atoms with Crippen LogP contribution in [0.3, 0.4) is 0 Å². The van der Waals surface area contributed by atoms with Gasteiger partial charge >= 0.3 is 0 Å². The Labute approximate surface area is 139 Å². The Kier molecular flexibility index (Phi) is 4.93. The Morgan fingerprint density at radius 3 is 3.09 bits per heavy atom. The molecule has 0 radical (unpaired) electrons. The normalized spacial score (nSPS) is 12.8. The van der Waals surface area contributed by atoms with Gasteiger partial charge in [-0.15, -0.1) is 11.3 Å². The molecule has 0 atom stereocenters. The number of benzene rings is 1. The van der Waals surface area contributed by atoms with E-state index in [4.69, 9.17) is 9.84 Å². The third-order valence-corrected chi connectivity index (χ3v) is 4.84. The minimum absolute atomic E-state index is 0.0256. The third-order valence-electron chi connectivity index (χ3n) is 3.80. The third kappa shape index (κ3) is 3.38. The number of carbonyl (C=O) groups is 1. The van der Waals surface area contributed by atoms with Crippen molar-refractivity contribution in [3.63, 3.8) is 0 Å². The Morgan fingerprint density at radius 1 is 1.43 bits per heavy atom. The molecule has 1 aromatic carbocycles. The summed E-state index contributed by atoms with van der Waals surface area (Å²) < 4.78 is 5.52. The zero-order valence-corrected chi connectivity index (χ0v) is 13.9. The predicted octanol–water partition coefficient (Wildman–Crippen LogP) is 2.59. The summed E-state index contributed by atoms with van der Waals surface area (Å²) >= 11 is 1.39. The molecule has 0 spiro atoms. The van der Waals surface area contributed by atoms with E-state index >= 15 is 0 Å². The number of ether oxygens (including phenoxy) is 1. The first-order valence-electron chi connectivity index (χ1n) is 7.85. The minimum Gasteiger partial charge on any atom is -0.493 e. The Bertz CT molecular complexity index is 693. The second-order valence-electron chi connectivity index (χ2n) is 5.47. The van der Waals surface area contributed by atoms with Crippen molar-refractivity contribution in [3.05, 3.63) is 34.8 Å². The van der Waals surface area contributed by atoms with Crippen molar-refractivity contribution in [1.82, 2.24) is 9.88 Å². The van der Waals surface area contributed by atoms with Crippen LogP contribution in [-0.4, -0.2) is 47.2 Å². The summed E-state index contributed by atoms with van der Waals surface area (Å²) in [6.07, 6.45) is 3.41. The van der Waals surface area contributed by atoms with Gasteiger partial charge in [-0.1, -0.05) is 6.92 Å². The molecule has 0 bridgehead atoms. The molecule has 1 N–H and O–H groups in total. The quantitative estimate of drug-likeness (QED) is 0.883. The number of rotatable bonds is 6. The van der Waals surface area contributed by atoms with E-state index in [0.29, 0.717) is 18.0 Å². The molecule has 2 heterocycles. The number of nitrogens with zero attached hydrogens (tertiary/aromatic N) is 2. The summed E-state index contributed by atoms with van der Waals surface area (Å²) in [6.45, 7) is 3.72.